The third-order valence-corrected chi connectivity index (χ3v) is 7.52. The van der Waals surface area contributed by atoms with E-state index in [0.29, 0.717) is 10.1 Å². The lowest BCUT2D eigenvalue weighted by molar-refractivity contribution is 0.102. The Balaban J connectivity index is 1.75. The van der Waals surface area contributed by atoms with E-state index in [1.54, 1.807) is 7.11 Å². The molecule has 2 aromatic heterocycles. The highest BCUT2D eigenvalue weighted by molar-refractivity contribution is 8.00. The van der Waals surface area contributed by atoms with Gasteiger partial charge < -0.3 is 4.74 Å². The van der Waals surface area contributed by atoms with Gasteiger partial charge in [-0.05, 0) is 42.7 Å². The quantitative estimate of drug-likeness (QED) is 0.655. The number of benzene rings is 1. The van der Waals surface area contributed by atoms with Gasteiger partial charge in [0, 0.05) is 20.2 Å². The second-order valence-corrected chi connectivity index (χ2v) is 9.01. The number of aromatic amines is 1. The lowest BCUT2D eigenvalue weighted by Crippen LogP contribution is -2.13. The van der Waals surface area contributed by atoms with Crippen LogP contribution in [-0.4, -0.2) is 38.9 Å². The zero-order valence-corrected chi connectivity index (χ0v) is 16.9. The molecule has 2 heterocycles. The average Bonchev–Trinajstić information content (AvgIpc) is 3.30. The number of hydrogen-bond donors (Lipinski definition) is 2. The Morgan fingerprint density at radius 3 is 2.85 bits per heavy atom. The van der Waals surface area contributed by atoms with E-state index in [9.17, 15) is 4.79 Å². The van der Waals surface area contributed by atoms with Crippen LogP contribution in [0.3, 0.4) is 0 Å². The number of nitrogens with zero attached hydrogens (tertiary/aromatic N) is 3. The normalized spacial score (nSPS) is 15.2. The Bertz CT molecular complexity index is 948. The number of thioether (sulfide) groups is 1. The molecule has 9 heteroatoms. The highest BCUT2D eigenvalue weighted by Crippen LogP contribution is 2.45. The zero-order valence-electron chi connectivity index (χ0n) is 15.2. The van der Waals surface area contributed by atoms with Crippen LogP contribution >= 0.6 is 23.1 Å². The lowest BCUT2D eigenvalue weighted by Gasteiger charge is -2.21. The Labute approximate surface area is 165 Å². The summed E-state index contributed by atoms with van der Waals surface area (Å²) in [4.78, 5) is 14.6. The molecule has 0 radical (unpaired) electrons. The Hall–Kier alpha value is -2.13. The summed E-state index contributed by atoms with van der Waals surface area (Å²) < 4.78 is 6.60. The molecule has 0 aliphatic heterocycles. The van der Waals surface area contributed by atoms with Gasteiger partial charge in [-0.15, -0.1) is 28.2 Å². The minimum atomic E-state index is -0.201. The minimum Gasteiger partial charge on any atom is -0.496 e. The van der Waals surface area contributed by atoms with Crippen molar-refractivity contribution >= 4 is 45.0 Å². The first-order valence-corrected chi connectivity index (χ1v) is 10.7. The zero-order chi connectivity index (χ0) is 18.8. The molecule has 0 bridgehead atoms. The van der Waals surface area contributed by atoms with Crippen LogP contribution in [0.4, 0.5) is 5.95 Å². The van der Waals surface area contributed by atoms with Crippen LogP contribution in [0.15, 0.2) is 17.0 Å². The number of rotatable bonds is 5. The number of carbonyl (C=O) groups excluding carboxylic acids is 1. The summed E-state index contributed by atoms with van der Waals surface area (Å²) in [5, 5.41) is 17.8. The van der Waals surface area contributed by atoms with E-state index in [0.717, 1.165) is 26.3 Å². The van der Waals surface area contributed by atoms with Gasteiger partial charge in [-0.25, -0.2) is 0 Å². The Morgan fingerprint density at radius 2 is 2.15 bits per heavy atom. The van der Waals surface area contributed by atoms with Crippen LogP contribution < -0.4 is 10.1 Å². The monoisotopic (exact) mass is 403 g/mol. The molecule has 1 fully saturated rings. The second kappa shape index (κ2) is 7.85. The first-order chi connectivity index (χ1) is 13.2. The SMILES string of the molecule is COc1cc2c(SC3CCCCC3)c(C(=O)Nc3nn[nH]n3)sc2cc1C. The molecule has 1 aliphatic carbocycles. The molecule has 0 spiro atoms. The van der Waals surface area contributed by atoms with Gasteiger partial charge in [0.1, 0.15) is 10.6 Å². The van der Waals surface area contributed by atoms with E-state index in [2.05, 4.69) is 38.1 Å². The molecule has 1 aliphatic rings. The summed E-state index contributed by atoms with van der Waals surface area (Å²) in [6, 6.07) is 4.15. The van der Waals surface area contributed by atoms with E-state index in [-0.39, 0.29) is 11.9 Å². The molecule has 4 rings (SSSR count). The van der Waals surface area contributed by atoms with Crippen LogP contribution in [0.5, 0.6) is 5.75 Å². The van der Waals surface area contributed by atoms with Gasteiger partial charge in [-0.1, -0.05) is 24.4 Å². The van der Waals surface area contributed by atoms with Gasteiger partial charge in [-0.2, -0.15) is 5.21 Å². The van der Waals surface area contributed by atoms with Crippen LogP contribution in [0.2, 0.25) is 0 Å². The van der Waals surface area contributed by atoms with Crippen LogP contribution in [0.25, 0.3) is 10.1 Å². The molecule has 7 nitrogen and oxygen atoms in total. The number of aryl methyl sites for hydroxylation is 1. The number of carbonyl (C=O) groups is 1. The topological polar surface area (TPSA) is 92.8 Å². The standard InChI is InChI=1S/C18H21N5O2S2/c1-10-8-14-12(9-13(10)25-2)15(26-11-6-4-3-5-7-11)16(27-14)17(24)19-18-20-22-23-21-18/h8-9,11H,3-7H2,1-2H3,(H2,19,20,21,22,23,24). The summed E-state index contributed by atoms with van der Waals surface area (Å²) in [5.41, 5.74) is 1.06. The third kappa shape index (κ3) is 3.79. The molecule has 3 aromatic rings. The molecular formula is C18H21N5O2S2. The van der Waals surface area contributed by atoms with Gasteiger partial charge in [-0.3, -0.25) is 10.1 Å². The number of tetrazole rings is 1. The van der Waals surface area contributed by atoms with E-state index in [1.165, 1.54) is 43.4 Å². The molecule has 0 saturated heterocycles. The van der Waals surface area contributed by atoms with Crippen molar-refractivity contribution in [1.29, 1.82) is 0 Å². The molecule has 1 aromatic carbocycles. The maximum Gasteiger partial charge on any atom is 0.270 e. The van der Waals surface area contributed by atoms with Crippen molar-refractivity contribution in [2.24, 2.45) is 0 Å². The van der Waals surface area contributed by atoms with Crippen molar-refractivity contribution in [3.05, 3.63) is 22.6 Å². The van der Waals surface area contributed by atoms with Crippen molar-refractivity contribution < 1.29 is 9.53 Å². The molecule has 1 saturated carbocycles. The summed E-state index contributed by atoms with van der Waals surface area (Å²) >= 11 is 3.32. The lowest BCUT2D eigenvalue weighted by atomic mass is 10.0. The Kier molecular flexibility index (Phi) is 5.31. The van der Waals surface area contributed by atoms with Gasteiger partial charge >= 0.3 is 0 Å². The number of aromatic nitrogens is 4. The van der Waals surface area contributed by atoms with Crippen molar-refractivity contribution in [3.63, 3.8) is 0 Å². The number of H-pyrrole nitrogens is 1. The summed E-state index contributed by atoms with van der Waals surface area (Å²) in [7, 11) is 1.68. The fourth-order valence-electron chi connectivity index (χ4n) is 3.41. The fraction of sp³-hybridized carbons (Fsp3) is 0.444. The summed E-state index contributed by atoms with van der Waals surface area (Å²) in [6.07, 6.45) is 6.20. The molecule has 2 N–H and O–H groups in total. The summed E-state index contributed by atoms with van der Waals surface area (Å²) in [5.74, 6) is 0.822. The number of amides is 1. The fourth-order valence-corrected chi connectivity index (χ4v) is 6.22. The van der Waals surface area contributed by atoms with E-state index < -0.39 is 0 Å². The van der Waals surface area contributed by atoms with Crippen molar-refractivity contribution in [1.82, 2.24) is 20.6 Å². The van der Waals surface area contributed by atoms with Crippen LogP contribution in [0, 0.1) is 6.92 Å². The minimum absolute atomic E-state index is 0.180. The molecule has 0 unspecified atom stereocenters. The van der Waals surface area contributed by atoms with E-state index in [1.807, 2.05) is 18.7 Å². The molecular weight excluding hydrogens is 382 g/mol. The van der Waals surface area contributed by atoms with Crippen molar-refractivity contribution in [2.45, 2.75) is 49.2 Å². The molecule has 142 valence electrons. The highest BCUT2D eigenvalue weighted by atomic mass is 32.2. The number of methoxy groups -OCH3 is 1. The van der Waals surface area contributed by atoms with E-state index in [4.69, 9.17) is 4.74 Å². The van der Waals surface area contributed by atoms with Crippen molar-refractivity contribution in [2.75, 3.05) is 12.4 Å². The number of ether oxygens (including phenoxy) is 1. The second-order valence-electron chi connectivity index (χ2n) is 6.65. The third-order valence-electron chi connectivity index (χ3n) is 4.77. The molecule has 0 atom stereocenters. The van der Waals surface area contributed by atoms with Crippen LogP contribution in [0.1, 0.15) is 47.3 Å². The maximum absolute atomic E-state index is 12.9. The van der Waals surface area contributed by atoms with Gasteiger partial charge in [0.15, 0.2) is 0 Å². The van der Waals surface area contributed by atoms with Crippen LogP contribution in [-0.2, 0) is 0 Å². The predicted octanol–water partition coefficient (Wildman–Crippen LogP) is 4.41. The predicted molar refractivity (Wildman–Crippen MR) is 108 cm³/mol. The average molecular weight is 404 g/mol. The highest BCUT2D eigenvalue weighted by Gasteiger charge is 2.25. The number of nitrogens with one attached hydrogen (secondary N) is 2. The largest absolute Gasteiger partial charge is 0.496 e. The first-order valence-electron chi connectivity index (χ1n) is 8.98. The number of anilines is 1. The van der Waals surface area contributed by atoms with Gasteiger partial charge in [0.25, 0.3) is 11.9 Å². The molecule has 1 amide bonds. The molecule has 27 heavy (non-hydrogen) atoms. The number of thiophene rings is 1. The first kappa shape index (κ1) is 18.2. The number of hydrogen-bond acceptors (Lipinski definition) is 7. The van der Waals surface area contributed by atoms with Crippen molar-refractivity contribution in [3.8, 4) is 5.75 Å². The number of fused-ring (bicyclic) bond motifs is 1. The van der Waals surface area contributed by atoms with E-state index >= 15 is 0 Å². The van der Waals surface area contributed by atoms with Gasteiger partial charge in [0.05, 0.1) is 7.11 Å². The van der Waals surface area contributed by atoms with Gasteiger partial charge in [0.2, 0.25) is 0 Å². The maximum atomic E-state index is 12.9. The summed E-state index contributed by atoms with van der Waals surface area (Å²) in [6.45, 7) is 2.02. The smallest absolute Gasteiger partial charge is 0.270 e. The Morgan fingerprint density at radius 1 is 1.33 bits per heavy atom.